The Kier molecular flexibility index (Phi) is 5.90. The molecular weight excluding hydrogens is 513 g/mol. The number of imidazole rings is 1. The molecular formula is C26H24FN5O5S. The largest absolute Gasteiger partial charge is 0.455 e. The Balaban J connectivity index is 1.47. The molecule has 1 saturated carbocycles. The highest BCUT2D eigenvalue weighted by molar-refractivity contribution is 7.92. The van der Waals surface area contributed by atoms with E-state index < -0.39 is 15.8 Å². The van der Waals surface area contributed by atoms with Crippen LogP contribution in [0.25, 0.3) is 33.7 Å². The number of halogens is 1. The fraction of sp³-hybridized carbons (Fsp3) is 0.269. The molecule has 0 radical (unpaired) electrons. The van der Waals surface area contributed by atoms with E-state index in [2.05, 4.69) is 20.2 Å². The van der Waals surface area contributed by atoms with Crippen LogP contribution in [0, 0.1) is 5.82 Å². The predicted octanol–water partition coefficient (Wildman–Crippen LogP) is 4.58. The highest BCUT2D eigenvalue weighted by Gasteiger charge is 2.32. The average molecular weight is 538 g/mol. The van der Waals surface area contributed by atoms with Crippen molar-refractivity contribution >= 4 is 26.7 Å². The summed E-state index contributed by atoms with van der Waals surface area (Å²) in [6.07, 6.45) is 7.12. The molecule has 1 fully saturated rings. The number of H-pyrrole nitrogens is 2. The number of aromatic amines is 2. The fourth-order valence-electron chi connectivity index (χ4n) is 4.73. The lowest BCUT2D eigenvalue weighted by molar-refractivity contribution is 0.457. The quantitative estimate of drug-likeness (QED) is 0.281. The van der Waals surface area contributed by atoms with Gasteiger partial charge in [0.2, 0.25) is 15.9 Å². The molecule has 0 bridgehead atoms. The van der Waals surface area contributed by atoms with Gasteiger partial charge in [0.1, 0.15) is 23.0 Å². The molecule has 3 heterocycles. The summed E-state index contributed by atoms with van der Waals surface area (Å²) in [6.45, 7) is 0.164. The van der Waals surface area contributed by atoms with Gasteiger partial charge in [-0.2, -0.15) is 0 Å². The average Bonchev–Trinajstić information content (AvgIpc) is 3.23. The van der Waals surface area contributed by atoms with Crippen molar-refractivity contribution < 1.29 is 21.6 Å². The van der Waals surface area contributed by atoms with Crippen molar-refractivity contribution in [1.29, 1.82) is 0 Å². The zero-order chi connectivity index (χ0) is 26.4. The first-order valence-electron chi connectivity index (χ1n) is 12.2. The third-order valence-corrected chi connectivity index (χ3v) is 7.78. The van der Waals surface area contributed by atoms with Crippen molar-refractivity contribution in [3.63, 3.8) is 0 Å². The number of benzene rings is 2. The van der Waals surface area contributed by atoms with E-state index in [4.69, 9.17) is 8.83 Å². The summed E-state index contributed by atoms with van der Waals surface area (Å²) in [5.41, 5.74) is 3.35. The third-order valence-electron chi connectivity index (χ3n) is 6.60. The minimum atomic E-state index is -3.66. The molecule has 10 nitrogen and oxygen atoms in total. The van der Waals surface area contributed by atoms with Gasteiger partial charge in [-0.15, -0.1) is 5.10 Å². The molecule has 6 rings (SSSR count). The maximum absolute atomic E-state index is 13.7. The van der Waals surface area contributed by atoms with Crippen LogP contribution in [0.3, 0.4) is 0 Å². The first kappa shape index (κ1) is 24.2. The van der Waals surface area contributed by atoms with Gasteiger partial charge in [-0.3, -0.25) is 4.31 Å². The molecule has 2 N–H and O–H groups in total. The van der Waals surface area contributed by atoms with E-state index in [0.29, 0.717) is 41.3 Å². The smallest absolute Gasteiger partial charge is 0.434 e. The molecule has 0 saturated heterocycles. The molecule has 12 heteroatoms. The number of nitrogens with zero attached hydrogens (tertiary/aromatic N) is 3. The number of sulfonamides is 1. The van der Waals surface area contributed by atoms with Crippen LogP contribution in [-0.4, -0.2) is 41.4 Å². The zero-order valence-corrected chi connectivity index (χ0v) is 21.2. The van der Waals surface area contributed by atoms with Gasteiger partial charge in [-0.1, -0.05) is 0 Å². The lowest BCUT2D eigenvalue weighted by Crippen LogP contribution is -2.32. The third kappa shape index (κ3) is 4.62. The number of hydrogen-bond donors (Lipinski definition) is 2. The molecule has 1 aliphatic carbocycles. The maximum Gasteiger partial charge on any atom is 0.434 e. The first-order valence-corrected chi connectivity index (χ1v) is 14.0. The number of rotatable bonds is 9. The molecule has 5 aromatic rings. The Morgan fingerprint density at radius 2 is 1.95 bits per heavy atom. The van der Waals surface area contributed by atoms with Gasteiger partial charge in [0, 0.05) is 42.4 Å². The standard InChI is InChI=1S/C26H24FN5O5S/c1-38(34,35)32(12-2-3-22-30-31-26(33)37-22)20-14-21-19(13-18(20)15-4-5-15)23(25-28-10-11-29-25)24(36-21)16-6-8-17(27)9-7-16/h6-11,13-15H,2-5,12H2,1H3,(H,28,29)(H,31,33). The topological polar surface area (TPSA) is 138 Å². The molecule has 1 aliphatic rings. The van der Waals surface area contributed by atoms with Gasteiger partial charge in [0.05, 0.1) is 17.5 Å². The minimum absolute atomic E-state index is 0.164. The van der Waals surface area contributed by atoms with Crippen LogP contribution in [0.4, 0.5) is 10.1 Å². The molecule has 0 amide bonds. The summed E-state index contributed by atoms with van der Waals surface area (Å²) in [5, 5.41) is 6.80. The Bertz CT molecular complexity index is 1770. The second-order valence-electron chi connectivity index (χ2n) is 9.38. The summed E-state index contributed by atoms with van der Waals surface area (Å²) in [6, 6.07) is 9.75. The summed E-state index contributed by atoms with van der Waals surface area (Å²) in [5.74, 6) is 0.534. The first-order chi connectivity index (χ1) is 18.3. The van der Waals surface area contributed by atoms with Gasteiger partial charge in [0.25, 0.3) is 0 Å². The second kappa shape index (κ2) is 9.28. The second-order valence-corrected chi connectivity index (χ2v) is 11.3. The fourth-order valence-corrected chi connectivity index (χ4v) is 5.71. The van der Waals surface area contributed by atoms with Crippen molar-refractivity contribution in [1.82, 2.24) is 20.2 Å². The number of nitrogens with one attached hydrogen (secondary N) is 2. The van der Waals surface area contributed by atoms with Crippen LogP contribution in [0.2, 0.25) is 0 Å². The van der Waals surface area contributed by atoms with Crippen LogP contribution >= 0.6 is 0 Å². The summed E-state index contributed by atoms with van der Waals surface area (Å²) < 4.78 is 52.2. The van der Waals surface area contributed by atoms with Gasteiger partial charge < -0.3 is 13.8 Å². The molecule has 0 unspecified atom stereocenters. The Morgan fingerprint density at radius 3 is 2.58 bits per heavy atom. The van der Waals surface area contributed by atoms with E-state index in [9.17, 15) is 17.6 Å². The zero-order valence-electron chi connectivity index (χ0n) is 20.4. The summed E-state index contributed by atoms with van der Waals surface area (Å²) in [7, 11) is -3.66. The Morgan fingerprint density at radius 1 is 1.16 bits per heavy atom. The monoisotopic (exact) mass is 537 g/mol. The summed E-state index contributed by atoms with van der Waals surface area (Å²) in [4.78, 5) is 18.8. The minimum Gasteiger partial charge on any atom is -0.455 e. The Hall–Kier alpha value is -4.19. The number of aromatic nitrogens is 4. The van der Waals surface area contributed by atoms with E-state index in [-0.39, 0.29) is 24.2 Å². The van der Waals surface area contributed by atoms with Crippen LogP contribution < -0.4 is 10.1 Å². The van der Waals surface area contributed by atoms with E-state index in [0.717, 1.165) is 29.4 Å². The molecule has 3 aromatic heterocycles. The van der Waals surface area contributed by atoms with Crippen LogP contribution in [-0.2, 0) is 16.4 Å². The van der Waals surface area contributed by atoms with E-state index in [1.165, 1.54) is 22.7 Å². The molecule has 0 aliphatic heterocycles. The highest BCUT2D eigenvalue weighted by atomic mass is 32.2. The van der Waals surface area contributed by atoms with Crippen molar-refractivity contribution in [3.8, 4) is 22.7 Å². The van der Waals surface area contributed by atoms with Crippen molar-refractivity contribution in [2.24, 2.45) is 0 Å². The van der Waals surface area contributed by atoms with Crippen LogP contribution in [0.5, 0.6) is 0 Å². The van der Waals surface area contributed by atoms with Gasteiger partial charge in [-0.25, -0.2) is 27.7 Å². The van der Waals surface area contributed by atoms with Gasteiger partial charge >= 0.3 is 5.76 Å². The normalized spacial score (nSPS) is 13.8. The molecule has 2 aromatic carbocycles. The molecule has 196 valence electrons. The lowest BCUT2D eigenvalue weighted by Gasteiger charge is -2.25. The number of aryl methyl sites for hydroxylation is 1. The van der Waals surface area contributed by atoms with Gasteiger partial charge in [0.15, 0.2) is 0 Å². The highest BCUT2D eigenvalue weighted by Crippen LogP contribution is 2.49. The van der Waals surface area contributed by atoms with Crippen LogP contribution in [0.15, 0.2) is 62.4 Å². The predicted molar refractivity (Wildman–Crippen MR) is 139 cm³/mol. The van der Waals surface area contributed by atoms with Crippen LogP contribution in [0.1, 0.15) is 36.6 Å². The lowest BCUT2D eigenvalue weighted by atomic mass is 10.0. The van der Waals surface area contributed by atoms with E-state index in [1.807, 2.05) is 6.07 Å². The van der Waals surface area contributed by atoms with E-state index in [1.54, 1.807) is 30.6 Å². The van der Waals surface area contributed by atoms with E-state index >= 15 is 0 Å². The molecule has 0 atom stereocenters. The summed E-state index contributed by atoms with van der Waals surface area (Å²) >= 11 is 0. The number of hydrogen-bond acceptors (Lipinski definition) is 7. The van der Waals surface area contributed by atoms with Crippen molar-refractivity contribution in [3.05, 3.63) is 76.6 Å². The maximum atomic E-state index is 13.7. The Labute approximate surface area is 216 Å². The number of furan rings is 1. The number of fused-ring (bicyclic) bond motifs is 1. The van der Waals surface area contributed by atoms with Crippen molar-refractivity contribution in [2.75, 3.05) is 17.1 Å². The SMILES string of the molecule is CS(=O)(=O)N(CCCc1n[nH]c(=O)o1)c1cc2oc(-c3ccc(F)cc3)c(-c3ncc[nH]3)c2cc1C1CC1. The van der Waals surface area contributed by atoms with Gasteiger partial charge in [-0.05, 0) is 61.1 Å². The molecule has 38 heavy (non-hydrogen) atoms. The number of anilines is 1. The van der Waals surface area contributed by atoms with Crippen molar-refractivity contribution in [2.45, 2.75) is 31.6 Å². The molecule has 0 spiro atoms.